The van der Waals surface area contributed by atoms with Crippen LogP contribution in [0.3, 0.4) is 0 Å². The molecule has 5 nitrogen and oxygen atoms in total. The molecule has 1 aromatic carbocycles. The van der Waals surface area contributed by atoms with Gasteiger partial charge >= 0.3 is 0 Å². The van der Waals surface area contributed by atoms with Crippen molar-refractivity contribution in [3.05, 3.63) is 53.2 Å². The third-order valence-corrected chi connectivity index (χ3v) is 2.96. The molecule has 0 spiro atoms. The normalized spacial score (nSPS) is 10.3. The number of hydrogen-bond acceptors (Lipinski definition) is 4. The first-order valence-electron chi connectivity index (χ1n) is 6.10. The van der Waals surface area contributed by atoms with Gasteiger partial charge in [-0.15, -0.1) is 0 Å². The van der Waals surface area contributed by atoms with E-state index in [0.717, 1.165) is 5.56 Å². The fourth-order valence-electron chi connectivity index (χ4n) is 1.90. The van der Waals surface area contributed by atoms with Crippen molar-refractivity contribution in [2.45, 2.75) is 13.5 Å². The van der Waals surface area contributed by atoms with Gasteiger partial charge in [-0.2, -0.15) is 0 Å². The van der Waals surface area contributed by atoms with Crippen LogP contribution in [0.1, 0.15) is 16.8 Å². The van der Waals surface area contributed by atoms with Crippen LogP contribution in [0.25, 0.3) is 0 Å². The Morgan fingerprint density at radius 3 is 2.85 bits per heavy atom. The van der Waals surface area contributed by atoms with E-state index in [1.165, 1.54) is 6.33 Å². The minimum absolute atomic E-state index is 0.0126. The fourth-order valence-corrected chi connectivity index (χ4v) is 1.90. The summed E-state index contributed by atoms with van der Waals surface area (Å²) < 4.78 is 13.9. The topological polar surface area (TPSA) is 78.9 Å². The zero-order chi connectivity index (χ0) is 14.7. The molecule has 0 aliphatic heterocycles. The third kappa shape index (κ3) is 2.90. The molecule has 0 aliphatic carbocycles. The van der Waals surface area contributed by atoms with Crippen LogP contribution < -0.4 is 10.6 Å². The number of hydrogen-bond donors (Lipinski definition) is 2. The second-order valence-electron chi connectivity index (χ2n) is 4.57. The number of aromatic nitrogens is 2. The second-order valence-corrected chi connectivity index (χ2v) is 4.57. The van der Waals surface area contributed by atoms with Gasteiger partial charge in [-0.3, -0.25) is 5.41 Å². The van der Waals surface area contributed by atoms with Gasteiger partial charge in [0.25, 0.3) is 0 Å². The van der Waals surface area contributed by atoms with Gasteiger partial charge in [-0.1, -0.05) is 18.2 Å². The van der Waals surface area contributed by atoms with Crippen LogP contribution in [-0.4, -0.2) is 22.9 Å². The Morgan fingerprint density at radius 1 is 1.40 bits per heavy atom. The molecular formula is C14H16FN5. The molecule has 2 rings (SSSR count). The van der Waals surface area contributed by atoms with Crippen LogP contribution in [0.5, 0.6) is 0 Å². The first-order valence-corrected chi connectivity index (χ1v) is 6.10. The molecule has 0 aliphatic rings. The molecule has 104 valence electrons. The number of halogens is 1. The predicted octanol–water partition coefficient (Wildman–Crippen LogP) is 1.84. The summed E-state index contributed by atoms with van der Waals surface area (Å²) in [6.45, 7) is 2.07. The average molecular weight is 273 g/mol. The molecule has 0 radical (unpaired) electrons. The van der Waals surface area contributed by atoms with Crippen LogP contribution in [0.4, 0.5) is 10.2 Å². The van der Waals surface area contributed by atoms with Gasteiger partial charge in [0.15, 0.2) is 11.6 Å². The number of nitrogen functional groups attached to an aromatic ring is 1. The second kappa shape index (κ2) is 5.64. The zero-order valence-electron chi connectivity index (χ0n) is 11.4. The number of benzene rings is 1. The van der Waals surface area contributed by atoms with E-state index < -0.39 is 5.82 Å². The van der Waals surface area contributed by atoms with E-state index in [1.54, 1.807) is 24.9 Å². The lowest BCUT2D eigenvalue weighted by Gasteiger charge is -2.19. The molecule has 0 bridgehead atoms. The van der Waals surface area contributed by atoms with Gasteiger partial charge < -0.3 is 10.6 Å². The van der Waals surface area contributed by atoms with Gasteiger partial charge in [0, 0.05) is 19.2 Å². The Hall–Kier alpha value is -2.50. The first-order chi connectivity index (χ1) is 9.49. The lowest BCUT2D eigenvalue weighted by atomic mass is 10.1. The minimum atomic E-state index is -0.419. The number of nitrogens with zero attached hydrogens (tertiary/aromatic N) is 3. The molecule has 2 aromatic rings. The highest BCUT2D eigenvalue weighted by Gasteiger charge is 2.12. The van der Waals surface area contributed by atoms with Crippen molar-refractivity contribution in [1.29, 1.82) is 5.41 Å². The molecule has 0 unspecified atom stereocenters. The van der Waals surface area contributed by atoms with E-state index in [-0.39, 0.29) is 11.7 Å². The average Bonchev–Trinajstić information content (AvgIpc) is 2.42. The van der Waals surface area contributed by atoms with E-state index in [0.29, 0.717) is 17.8 Å². The highest BCUT2D eigenvalue weighted by atomic mass is 19.1. The standard InChI is InChI=1S/C14H16FN5/c1-9-12(15)14(19-8-18-9)20(2)7-10-4-3-5-11(6-10)13(16)17/h3-6,8H,7H2,1-2H3,(H3,16,17). The highest BCUT2D eigenvalue weighted by molar-refractivity contribution is 5.95. The molecule has 0 atom stereocenters. The van der Waals surface area contributed by atoms with Crippen molar-refractivity contribution in [1.82, 2.24) is 9.97 Å². The number of rotatable bonds is 4. The Morgan fingerprint density at radius 2 is 2.15 bits per heavy atom. The van der Waals surface area contributed by atoms with Crippen LogP contribution in [0.15, 0.2) is 30.6 Å². The summed E-state index contributed by atoms with van der Waals surface area (Å²) in [5.74, 6) is -0.151. The molecular weight excluding hydrogens is 257 g/mol. The van der Waals surface area contributed by atoms with Crippen molar-refractivity contribution in [2.75, 3.05) is 11.9 Å². The van der Waals surface area contributed by atoms with Crippen molar-refractivity contribution >= 4 is 11.7 Å². The molecule has 0 saturated heterocycles. The van der Waals surface area contributed by atoms with Crippen LogP contribution in [0, 0.1) is 18.2 Å². The Labute approximate surface area is 116 Å². The predicted molar refractivity (Wildman–Crippen MR) is 76.3 cm³/mol. The zero-order valence-corrected chi connectivity index (χ0v) is 11.4. The summed E-state index contributed by atoms with van der Waals surface area (Å²) in [5.41, 5.74) is 7.35. The number of anilines is 1. The van der Waals surface area contributed by atoms with Gasteiger partial charge in [0.05, 0.1) is 5.69 Å². The third-order valence-electron chi connectivity index (χ3n) is 2.96. The Balaban J connectivity index is 2.23. The summed E-state index contributed by atoms with van der Waals surface area (Å²) in [4.78, 5) is 9.47. The van der Waals surface area contributed by atoms with E-state index in [1.807, 2.05) is 18.2 Å². The fraction of sp³-hybridized carbons (Fsp3) is 0.214. The summed E-state index contributed by atoms with van der Waals surface area (Å²) in [6, 6.07) is 7.29. The van der Waals surface area contributed by atoms with Crippen molar-refractivity contribution in [3.63, 3.8) is 0 Å². The van der Waals surface area contributed by atoms with Gasteiger partial charge in [0.1, 0.15) is 12.2 Å². The summed E-state index contributed by atoms with van der Waals surface area (Å²) in [6.07, 6.45) is 1.34. The molecule has 6 heteroatoms. The summed E-state index contributed by atoms with van der Waals surface area (Å²) >= 11 is 0. The Kier molecular flexibility index (Phi) is 3.93. The molecule has 0 fully saturated rings. The van der Waals surface area contributed by atoms with E-state index >= 15 is 0 Å². The maximum Gasteiger partial charge on any atom is 0.186 e. The summed E-state index contributed by atoms with van der Waals surface area (Å²) in [7, 11) is 1.76. The SMILES string of the molecule is Cc1ncnc(N(C)Cc2cccc(C(=N)N)c2)c1F. The van der Waals surface area contributed by atoms with Crippen LogP contribution in [0.2, 0.25) is 0 Å². The summed E-state index contributed by atoms with van der Waals surface area (Å²) in [5, 5.41) is 7.42. The molecule has 0 amide bonds. The number of amidine groups is 1. The monoisotopic (exact) mass is 273 g/mol. The van der Waals surface area contributed by atoms with Crippen LogP contribution in [-0.2, 0) is 6.54 Å². The van der Waals surface area contributed by atoms with E-state index in [9.17, 15) is 4.39 Å². The quantitative estimate of drug-likeness (QED) is 0.658. The Bertz CT molecular complexity index is 641. The lowest BCUT2D eigenvalue weighted by Crippen LogP contribution is -2.20. The molecule has 0 saturated carbocycles. The highest BCUT2D eigenvalue weighted by Crippen LogP contribution is 2.18. The number of nitrogens with one attached hydrogen (secondary N) is 1. The molecule has 1 heterocycles. The van der Waals surface area contributed by atoms with Gasteiger partial charge in [-0.25, -0.2) is 14.4 Å². The largest absolute Gasteiger partial charge is 0.384 e. The molecule has 3 N–H and O–H groups in total. The smallest absolute Gasteiger partial charge is 0.186 e. The molecule has 1 aromatic heterocycles. The van der Waals surface area contributed by atoms with E-state index in [4.69, 9.17) is 11.1 Å². The minimum Gasteiger partial charge on any atom is -0.384 e. The van der Waals surface area contributed by atoms with Gasteiger partial charge in [-0.05, 0) is 18.6 Å². The lowest BCUT2D eigenvalue weighted by molar-refractivity contribution is 0.595. The maximum atomic E-state index is 13.9. The number of aryl methyl sites for hydroxylation is 1. The van der Waals surface area contributed by atoms with Gasteiger partial charge in [0.2, 0.25) is 0 Å². The van der Waals surface area contributed by atoms with Crippen molar-refractivity contribution < 1.29 is 4.39 Å². The number of nitrogens with two attached hydrogens (primary N) is 1. The van der Waals surface area contributed by atoms with E-state index in [2.05, 4.69) is 9.97 Å². The first kappa shape index (κ1) is 13.9. The maximum absolute atomic E-state index is 13.9. The van der Waals surface area contributed by atoms with Crippen molar-refractivity contribution in [3.8, 4) is 0 Å². The van der Waals surface area contributed by atoms with Crippen molar-refractivity contribution in [2.24, 2.45) is 5.73 Å². The van der Waals surface area contributed by atoms with Crippen LogP contribution >= 0.6 is 0 Å². The molecule has 20 heavy (non-hydrogen) atoms.